The second-order valence-electron chi connectivity index (χ2n) is 6.71. The van der Waals surface area contributed by atoms with Gasteiger partial charge in [0.15, 0.2) is 0 Å². The number of fused-ring (bicyclic) bond motifs is 1. The number of carbonyl (C=O) groups excluding carboxylic acids is 1. The molecule has 2 aromatic carbocycles. The molecule has 0 saturated carbocycles. The zero-order chi connectivity index (χ0) is 18.5. The Morgan fingerprint density at radius 2 is 1.81 bits per heavy atom. The highest BCUT2D eigenvalue weighted by Crippen LogP contribution is 2.24. The molecule has 1 N–H and O–H groups in total. The molecule has 138 valence electrons. The van der Waals surface area contributed by atoms with E-state index < -0.39 is 0 Å². The number of nitrogens with one attached hydrogen (secondary N) is 1. The van der Waals surface area contributed by atoms with Crippen LogP contribution in [0.4, 0.5) is 5.69 Å². The molecule has 1 amide bonds. The SMILES string of the molecule is O=C(CSc1ncnc2ccccc12)Nc1ccc(CN2CCCC2)cc1. The average molecular weight is 379 g/mol. The van der Waals surface area contributed by atoms with E-state index in [0.717, 1.165) is 28.2 Å². The van der Waals surface area contributed by atoms with Crippen LogP contribution in [-0.4, -0.2) is 39.6 Å². The average Bonchev–Trinajstić information content (AvgIpc) is 3.21. The predicted octanol–water partition coefficient (Wildman–Crippen LogP) is 3.96. The molecule has 5 nitrogen and oxygen atoms in total. The lowest BCUT2D eigenvalue weighted by Gasteiger charge is -2.14. The summed E-state index contributed by atoms with van der Waals surface area (Å²) in [6, 6.07) is 16.0. The summed E-state index contributed by atoms with van der Waals surface area (Å²) in [5.74, 6) is 0.284. The third kappa shape index (κ3) is 4.64. The third-order valence-corrected chi connectivity index (χ3v) is 5.69. The minimum absolute atomic E-state index is 0.0324. The predicted molar refractivity (Wildman–Crippen MR) is 110 cm³/mol. The molecule has 6 heteroatoms. The van der Waals surface area contributed by atoms with Crippen molar-refractivity contribution in [1.82, 2.24) is 14.9 Å². The molecule has 1 aliphatic rings. The van der Waals surface area contributed by atoms with Crippen molar-refractivity contribution < 1.29 is 4.79 Å². The van der Waals surface area contributed by atoms with Crippen molar-refractivity contribution in [2.45, 2.75) is 24.4 Å². The first-order chi connectivity index (χ1) is 13.3. The zero-order valence-corrected chi connectivity index (χ0v) is 15.9. The van der Waals surface area contributed by atoms with Gasteiger partial charge in [0.1, 0.15) is 11.4 Å². The fraction of sp³-hybridized carbons (Fsp3) is 0.286. The van der Waals surface area contributed by atoms with E-state index in [2.05, 4.69) is 32.3 Å². The fourth-order valence-corrected chi connectivity index (χ4v) is 4.11. The maximum atomic E-state index is 12.3. The molecule has 1 aromatic heterocycles. The van der Waals surface area contributed by atoms with E-state index in [1.165, 1.54) is 43.3 Å². The minimum Gasteiger partial charge on any atom is -0.325 e. The summed E-state index contributed by atoms with van der Waals surface area (Å²) >= 11 is 1.43. The smallest absolute Gasteiger partial charge is 0.234 e. The van der Waals surface area contributed by atoms with Crippen LogP contribution in [0.1, 0.15) is 18.4 Å². The topological polar surface area (TPSA) is 58.1 Å². The highest BCUT2D eigenvalue weighted by atomic mass is 32.2. The lowest BCUT2D eigenvalue weighted by Crippen LogP contribution is -2.18. The van der Waals surface area contributed by atoms with Gasteiger partial charge >= 0.3 is 0 Å². The van der Waals surface area contributed by atoms with E-state index in [1.807, 2.05) is 36.4 Å². The molecule has 0 bridgehead atoms. The Morgan fingerprint density at radius 3 is 2.63 bits per heavy atom. The number of para-hydroxylation sites is 1. The number of aromatic nitrogens is 2. The largest absolute Gasteiger partial charge is 0.325 e. The molecule has 3 aromatic rings. The van der Waals surface area contributed by atoms with Gasteiger partial charge in [-0.2, -0.15) is 0 Å². The van der Waals surface area contributed by atoms with Crippen LogP contribution in [0.25, 0.3) is 10.9 Å². The number of nitrogens with zero attached hydrogens (tertiary/aromatic N) is 3. The van der Waals surface area contributed by atoms with Crippen LogP contribution in [0, 0.1) is 0 Å². The Hall–Kier alpha value is -2.44. The molecule has 1 aliphatic heterocycles. The van der Waals surface area contributed by atoms with Gasteiger partial charge in [-0.1, -0.05) is 42.1 Å². The molecule has 0 aliphatic carbocycles. The van der Waals surface area contributed by atoms with Crippen LogP contribution in [0.5, 0.6) is 0 Å². The Morgan fingerprint density at radius 1 is 1.04 bits per heavy atom. The van der Waals surface area contributed by atoms with Crippen molar-refractivity contribution in [3.63, 3.8) is 0 Å². The second-order valence-corrected chi connectivity index (χ2v) is 7.68. The molecule has 27 heavy (non-hydrogen) atoms. The molecular formula is C21H22N4OS. The Bertz CT molecular complexity index is 918. The summed E-state index contributed by atoms with van der Waals surface area (Å²) in [4.78, 5) is 23.3. The summed E-state index contributed by atoms with van der Waals surface area (Å²) in [6.07, 6.45) is 4.14. The van der Waals surface area contributed by atoms with Crippen molar-refractivity contribution >= 4 is 34.3 Å². The van der Waals surface area contributed by atoms with E-state index >= 15 is 0 Å². The van der Waals surface area contributed by atoms with Gasteiger partial charge in [-0.05, 0) is 49.7 Å². The van der Waals surface area contributed by atoms with E-state index in [9.17, 15) is 4.79 Å². The third-order valence-electron chi connectivity index (χ3n) is 4.69. The Kier molecular flexibility index (Phi) is 5.65. The summed E-state index contributed by atoms with van der Waals surface area (Å²) in [5, 5.41) is 4.77. The van der Waals surface area contributed by atoms with Crippen LogP contribution in [0.15, 0.2) is 59.9 Å². The molecule has 4 rings (SSSR count). The highest BCUT2D eigenvalue weighted by molar-refractivity contribution is 8.00. The first-order valence-electron chi connectivity index (χ1n) is 9.22. The van der Waals surface area contributed by atoms with Crippen LogP contribution in [-0.2, 0) is 11.3 Å². The molecule has 0 radical (unpaired) electrons. The van der Waals surface area contributed by atoms with Crippen LogP contribution >= 0.6 is 11.8 Å². The standard InChI is InChI=1S/C21H22N4OS/c26-20(14-27-21-18-5-1-2-6-19(18)22-15-23-21)24-17-9-7-16(8-10-17)13-25-11-3-4-12-25/h1-2,5-10,15H,3-4,11-14H2,(H,24,26). The van der Waals surface area contributed by atoms with E-state index in [0.29, 0.717) is 5.75 Å². The first kappa shape index (κ1) is 17.9. The zero-order valence-electron chi connectivity index (χ0n) is 15.1. The number of thioether (sulfide) groups is 1. The molecule has 0 unspecified atom stereocenters. The van der Waals surface area contributed by atoms with E-state index in [-0.39, 0.29) is 5.91 Å². The van der Waals surface area contributed by atoms with Crippen molar-refractivity contribution in [1.29, 1.82) is 0 Å². The van der Waals surface area contributed by atoms with Crippen molar-refractivity contribution in [2.24, 2.45) is 0 Å². The maximum Gasteiger partial charge on any atom is 0.234 e. The van der Waals surface area contributed by atoms with Gasteiger partial charge < -0.3 is 5.32 Å². The number of amides is 1. The normalized spacial score (nSPS) is 14.5. The van der Waals surface area contributed by atoms with Crippen molar-refractivity contribution in [2.75, 3.05) is 24.2 Å². The number of hydrogen-bond donors (Lipinski definition) is 1. The van der Waals surface area contributed by atoms with Gasteiger partial charge in [0, 0.05) is 17.6 Å². The lowest BCUT2D eigenvalue weighted by atomic mass is 10.2. The van der Waals surface area contributed by atoms with Gasteiger partial charge in [-0.25, -0.2) is 9.97 Å². The molecule has 2 heterocycles. The summed E-state index contributed by atoms with van der Waals surface area (Å²) in [7, 11) is 0. The quantitative estimate of drug-likeness (QED) is 0.520. The second kappa shape index (κ2) is 8.50. The monoisotopic (exact) mass is 378 g/mol. The van der Waals surface area contributed by atoms with Gasteiger partial charge in [-0.3, -0.25) is 9.69 Å². The van der Waals surface area contributed by atoms with Crippen molar-refractivity contribution in [3.05, 3.63) is 60.4 Å². The van der Waals surface area contributed by atoms with E-state index in [1.54, 1.807) is 6.33 Å². The Balaban J connectivity index is 1.32. The molecule has 0 atom stereocenters. The maximum absolute atomic E-state index is 12.3. The summed E-state index contributed by atoms with van der Waals surface area (Å²) < 4.78 is 0. The highest BCUT2D eigenvalue weighted by Gasteiger charge is 2.12. The van der Waals surface area contributed by atoms with Crippen LogP contribution in [0.3, 0.4) is 0 Å². The van der Waals surface area contributed by atoms with Gasteiger partial charge in [-0.15, -0.1) is 0 Å². The molecule has 1 fully saturated rings. The number of anilines is 1. The van der Waals surface area contributed by atoms with Gasteiger partial charge in [0.2, 0.25) is 5.91 Å². The summed E-state index contributed by atoms with van der Waals surface area (Å²) in [5.41, 5.74) is 3.01. The number of rotatable bonds is 6. The Labute approximate surface area is 163 Å². The lowest BCUT2D eigenvalue weighted by molar-refractivity contribution is -0.113. The van der Waals surface area contributed by atoms with Crippen LogP contribution < -0.4 is 5.32 Å². The van der Waals surface area contributed by atoms with Crippen LogP contribution in [0.2, 0.25) is 0 Å². The number of hydrogen-bond acceptors (Lipinski definition) is 5. The number of benzene rings is 2. The minimum atomic E-state index is -0.0324. The summed E-state index contributed by atoms with van der Waals surface area (Å²) in [6.45, 7) is 3.37. The molecular weight excluding hydrogens is 356 g/mol. The fourth-order valence-electron chi connectivity index (χ4n) is 3.32. The molecule has 1 saturated heterocycles. The first-order valence-corrected chi connectivity index (χ1v) is 10.2. The van der Waals surface area contributed by atoms with Gasteiger partial charge in [0.25, 0.3) is 0 Å². The van der Waals surface area contributed by atoms with Crippen molar-refractivity contribution in [3.8, 4) is 0 Å². The van der Waals surface area contributed by atoms with Gasteiger partial charge in [0.05, 0.1) is 11.3 Å². The number of likely N-dealkylation sites (tertiary alicyclic amines) is 1. The van der Waals surface area contributed by atoms with E-state index in [4.69, 9.17) is 0 Å². The molecule has 0 spiro atoms. The number of carbonyl (C=O) groups is 1.